The molecular weight excluding hydrogens is 286 g/mol. The lowest BCUT2D eigenvalue weighted by Gasteiger charge is -2.32. The molecule has 2 rings (SSSR count). The molecule has 8 nitrogen and oxygen atoms in total. The van der Waals surface area contributed by atoms with E-state index in [2.05, 4.69) is 20.4 Å². The van der Waals surface area contributed by atoms with Gasteiger partial charge in [-0.2, -0.15) is 4.98 Å². The molecule has 0 saturated carbocycles. The first-order valence-electron chi connectivity index (χ1n) is 6.95. The molecule has 2 N–H and O–H groups in total. The van der Waals surface area contributed by atoms with Crippen LogP contribution in [0.25, 0.3) is 5.78 Å². The lowest BCUT2D eigenvalue weighted by molar-refractivity contribution is -0.138. The summed E-state index contributed by atoms with van der Waals surface area (Å²) in [6.45, 7) is 7.23. The highest BCUT2D eigenvalue weighted by Crippen LogP contribution is 2.21. The Morgan fingerprint density at radius 3 is 2.68 bits per heavy atom. The Hall–Kier alpha value is -2.51. The molecule has 1 amide bonds. The molecule has 0 aliphatic carbocycles. The first kappa shape index (κ1) is 15.9. The van der Waals surface area contributed by atoms with Crippen molar-refractivity contribution >= 4 is 17.7 Å². The van der Waals surface area contributed by atoms with Gasteiger partial charge in [0.15, 0.2) is 0 Å². The lowest BCUT2D eigenvalue weighted by atomic mass is 9.85. The summed E-state index contributed by atoms with van der Waals surface area (Å²) in [6.07, 6.45) is 1.41. The van der Waals surface area contributed by atoms with Gasteiger partial charge in [-0.3, -0.25) is 9.59 Å². The number of aliphatic carboxylic acids is 1. The third-order valence-electron chi connectivity index (χ3n) is 3.82. The van der Waals surface area contributed by atoms with Crippen LogP contribution in [-0.4, -0.2) is 42.1 Å². The predicted molar refractivity (Wildman–Crippen MR) is 78.5 cm³/mol. The summed E-state index contributed by atoms with van der Waals surface area (Å²) >= 11 is 0. The summed E-state index contributed by atoms with van der Waals surface area (Å²) in [7, 11) is 0. The molecule has 0 spiro atoms. The highest BCUT2D eigenvalue weighted by molar-refractivity contribution is 5.91. The maximum atomic E-state index is 12.4. The Morgan fingerprint density at radius 1 is 1.45 bits per heavy atom. The van der Waals surface area contributed by atoms with Gasteiger partial charge in [0.2, 0.25) is 5.82 Å². The molecule has 0 radical (unpaired) electrons. The number of aromatic nitrogens is 4. The van der Waals surface area contributed by atoms with E-state index < -0.39 is 17.4 Å². The van der Waals surface area contributed by atoms with Gasteiger partial charge >= 0.3 is 5.97 Å². The van der Waals surface area contributed by atoms with E-state index >= 15 is 0 Å². The molecule has 2 aromatic heterocycles. The largest absolute Gasteiger partial charge is 0.481 e. The summed E-state index contributed by atoms with van der Waals surface area (Å²) in [6, 6.07) is 1.76. The molecule has 0 saturated heterocycles. The first-order valence-corrected chi connectivity index (χ1v) is 6.95. The molecule has 2 heterocycles. The molecule has 0 aromatic carbocycles. The Bertz CT molecular complexity index is 724. The van der Waals surface area contributed by atoms with Gasteiger partial charge in [-0.05, 0) is 25.8 Å². The summed E-state index contributed by atoms with van der Waals surface area (Å²) < 4.78 is 1.47. The third-order valence-corrected chi connectivity index (χ3v) is 3.82. The van der Waals surface area contributed by atoms with Crippen LogP contribution >= 0.6 is 0 Å². The van der Waals surface area contributed by atoms with Crippen molar-refractivity contribution in [1.82, 2.24) is 24.9 Å². The second-order valence-electron chi connectivity index (χ2n) is 5.83. The highest BCUT2D eigenvalue weighted by atomic mass is 16.4. The number of rotatable bonds is 5. The van der Waals surface area contributed by atoms with Crippen molar-refractivity contribution in [2.45, 2.75) is 39.7 Å². The molecule has 1 atom stereocenters. The van der Waals surface area contributed by atoms with Crippen LogP contribution in [0, 0.1) is 12.8 Å². The molecule has 0 fully saturated rings. The number of carbonyl (C=O) groups excluding carboxylic acids is 1. The van der Waals surface area contributed by atoms with Crippen molar-refractivity contribution in [1.29, 1.82) is 0 Å². The summed E-state index contributed by atoms with van der Waals surface area (Å²) in [5.41, 5.74) is -0.0863. The van der Waals surface area contributed by atoms with Gasteiger partial charge in [0.1, 0.15) is 0 Å². The van der Waals surface area contributed by atoms with Crippen LogP contribution in [0.4, 0.5) is 0 Å². The number of fused-ring (bicyclic) bond motifs is 1. The zero-order chi connectivity index (χ0) is 16.5. The molecule has 0 aliphatic rings. The van der Waals surface area contributed by atoms with E-state index in [0.29, 0.717) is 5.78 Å². The van der Waals surface area contributed by atoms with Crippen molar-refractivity contribution in [3.8, 4) is 0 Å². The number of nitrogens with one attached hydrogen (secondary N) is 1. The van der Waals surface area contributed by atoms with Crippen LogP contribution in [0.15, 0.2) is 12.3 Å². The maximum absolute atomic E-state index is 12.4. The number of nitrogens with zero attached hydrogens (tertiary/aromatic N) is 4. The molecule has 2 aromatic rings. The van der Waals surface area contributed by atoms with Crippen molar-refractivity contribution in [3.63, 3.8) is 0 Å². The summed E-state index contributed by atoms with van der Waals surface area (Å²) in [5, 5.41) is 15.9. The minimum Gasteiger partial charge on any atom is -0.481 e. The van der Waals surface area contributed by atoms with Gasteiger partial charge in [-0.15, -0.1) is 5.10 Å². The van der Waals surface area contributed by atoms with Gasteiger partial charge in [-0.25, -0.2) is 9.50 Å². The van der Waals surface area contributed by atoms with E-state index in [1.807, 2.05) is 20.8 Å². The number of carboxylic acid groups (broad SMARTS) is 1. The van der Waals surface area contributed by atoms with E-state index in [4.69, 9.17) is 5.11 Å². The number of hydrogen-bond donors (Lipinski definition) is 2. The zero-order valence-corrected chi connectivity index (χ0v) is 13.0. The molecule has 8 heteroatoms. The van der Waals surface area contributed by atoms with Gasteiger partial charge in [-0.1, -0.05) is 13.8 Å². The van der Waals surface area contributed by atoms with Crippen LogP contribution in [0.5, 0.6) is 0 Å². The van der Waals surface area contributed by atoms with Crippen LogP contribution < -0.4 is 5.32 Å². The fourth-order valence-corrected chi connectivity index (χ4v) is 2.02. The van der Waals surface area contributed by atoms with Crippen molar-refractivity contribution in [2.75, 3.05) is 0 Å². The molecular formula is C14H19N5O3. The van der Waals surface area contributed by atoms with Crippen molar-refractivity contribution in [2.24, 2.45) is 5.92 Å². The van der Waals surface area contributed by atoms with Gasteiger partial charge in [0, 0.05) is 11.9 Å². The number of hydrogen-bond acceptors (Lipinski definition) is 5. The van der Waals surface area contributed by atoms with Gasteiger partial charge in [0.05, 0.1) is 12.0 Å². The zero-order valence-electron chi connectivity index (χ0n) is 13.0. The lowest BCUT2D eigenvalue weighted by Crippen LogP contribution is -2.51. The average Bonchev–Trinajstić information content (AvgIpc) is 2.83. The quantitative estimate of drug-likeness (QED) is 0.854. The Morgan fingerprint density at radius 2 is 2.14 bits per heavy atom. The van der Waals surface area contributed by atoms with E-state index in [9.17, 15) is 9.59 Å². The number of aryl methyl sites for hydroxylation is 1. The Kier molecular flexibility index (Phi) is 4.11. The van der Waals surface area contributed by atoms with Crippen LogP contribution in [0.1, 0.15) is 43.5 Å². The van der Waals surface area contributed by atoms with E-state index in [0.717, 1.165) is 5.69 Å². The smallest absolute Gasteiger partial charge is 0.305 e. The van der Waals surface area contributed by atoms with Crippen LogP contribution in [0.3, 0.4) is 0 Å². The fourth-order valence-electron chi connectivity index (χ4n) is 2.02. The third kappa shape index (κ3) is 3.05. The van der Waals surface area contributed by atoms with Gasteiger partial charge in [0.25, 0.3) is 11.7 Å². The van der Waals surface area contributed by atoms with Crippen LogP contribution in [0.2, 0.25) is 0 Å². The molecule has 22 heavy (non-hydrogen) atoms. The number of amides is 1. The average molecular weight is 305 g/mol. The molecule has 118 valence electrons. The maximum Gasteiger partial charge on any atom is 0.305 e. The van der Waals surface area contributed by atoms with Crippen molar-refractivity contribution < 1.29 is 14.7 Å². The van der Waals surface area contributed by atoms with E-state index in [1.54, 1.807) is 19.2 Å². The van der Waals surface area contributed by atoms with Crippen molar-refractivity contribution in [3.05, 3.63) is 23.8 Å². The highest BCUT2D eigenvalue weighted by Gasteiger charge is 2.34. The molecule has 0 aliphatic heterocycles. The second kappa shape index (κ2) is 5.70. The van der Waals surface area contributed by atoms with Crippen LogP contribution in [-0.2, 0) is 4.79 Å². The van der Waals surface area contributed by atoms with Gasteiger partial charge < -0.3 is 10.4 Å². The normalized spacial score (nSPS) is 14.0. The molecule has 0 bridgehead atoms. The standard InChI is InChI=1S/C14H19N5O3/c1-8(2)14(4,7-10(20)21)17-12(22)11-16-13-15-6-5-9(3)19(13)18-11/h5-6,8H,7H2,1-4H3,(H,17,22)(H,20,21). The topological polar surface area (TPSA) is 109 Å². The summed E-state index contributed by atoms with van der Waals surface area (Å²) in [5.74, 6) is -1.25. The number of carboxylic acids is 1. The predicted octanol–water partition coefficient (Wildman–Crippen LogP) is 1.05. The summed E-state index contributed by atoms with van der Waals surface area (Å²) in [4.78, 5) is 31.5. The number of carbonyl (C=O) groups is 2. The fraction of sp³-hybridized carbons (Fsp3) is 0.500. The van der Waals surface area contributed by atoms with E-state index in [-0.39, 0.29) is 18.2 Å². The SMILES string of the molecule is Cc1ccnc2nc(C(=O)NC(C)(CC(=O)O)C(C)C)nn12. The first-order chi connectivity index (χ1) is 10.2. The molecule has 1 unspecified atom stereocenters. The Labute approximate surface area is 127 Å². The minimum atomic E-state index is -0.975. The Balaban J connectivity index is 2.29. The monoisotopic (exact) mass is 305 g/mol. The van der Waals surface area contributed by atoms with E-state index in [1.165, 1.54) is 4.52 Å². The second-order valence-corrected chi connectivity index (χ2v) is 5.83. The minimum absolute atomic E-state index is 0.0286.